The highest BCUT2D eigenvalue weighted by atomic mass is 19.4. The fraction of sp³-hybridized carbons (Fsp3) is 0.259. The SMILES string of the molecule is Cc1c(-c2c(C(N)=O)nc3cccc(F)c3c2C(N)=O)c(C(F)(F)F)nn1Cc1ccc(C2CCC2)cc1. The monoisotopic (exact) mass is 525 g/mol. The standard InChI is InChI=1S/C27H23F4N5O2/c1-13-19(21-22(25(32)37)20-17(28)6-3-7-18(20)34-23(21)26(33)38)24(27(29,30)31)35-36(13)12-14-8-10-16(11-9-14)15-4-2-5-15/h3,6-11,15H,2,4-5,12H2,1H3,(H2,32,37)(H2,33,38). The molecule has 1 aliphatic carbocycles. The van der Waals surface area contributed by atoms with Crippen molar-refractivity contribution in [3.63, 3.8) is 0 Å². The Hall–Kier alpha value is -4.28. The highest BCUT2D eigenvalue weighted by Crippen LogP contribution is 2.43. The van der Waals surface area contributed by atoms with Crippen molar-refractivity contribution >= 4 is 22.7 Å². The highest BCUT2D eigenvalue weighted by Gasteiger charge is 2.41. The third-order valence-corrected chi connectivity index (χ3v) is 7.05. The number of hydrogen-bond acceptors (Lipinski definition) is 4. The van der Waals surface area contributed by atoms with Crippen LogP contribution in [0, 0.1) is 12.7 Å². The average molecular weight is 526 g/mol. The molecule has 0 spiro atoms. The van der Waals surface area contributed by atoms with E-state index < -0.39 is 57.3 Å². The molecule has 1 saturated carbocycles. The third kappa shape index (κ3) is 4.27. The first-order valence-electron chi connectivity index (χ1n) is 11.9. The molecule has 0 radical (unpaired) electrons. The van der Waals surface area contributed by atoms with Crippen LogP contribution >= 0.6 is 0 Å². The lowest BCUT2D eigenvalue weighted by Crippen LogP contribution is -2.22. The van der Waals surface area contributed by atoms with Gasteiger partial charge in [-0.25, -0.2) is 9.37 Å². The zero-order valence-electron chi connectivity index (χ0n) is 20.3. The second-order valence-electron chi connectivity index (χ2n) is 9.41. The number of carbonyl (C=O) groups is 2. The molecule has 7 nitrogen and oxygen atoms in total. The molecule has 5 rings (SSSR count). The quantitative estimate of drug-likeness (QED) is 0.342. The van der Waals surface area contributed by atoms with Gasteiger partial charge < -0.3 is 11.5 Å². The smallest absolute Gasteiger partial charge is 0.366 e. The molecule has 2 heterocycles. The third-order valence-electron chi connectivity index (χ3n) is 7.05. The predicted octanol–water partition coefficient (Wildman–Crippen LogP) is 5.08. The molecule has 4 N–H and O–H groups in total. The molecule has 1 aliphatic rings. The van der Waals surface area contributed by atoms with Crippen LogP contribution in [0.15, 0.2) is 42.5 Å². The largest absolute Gasteiger partial charge is 0.435 e. The number of nitrogens with two attached hydrogens (primary N) is 2. The zero-order chi connectivity index (χ0) is 27.4. The Balaban J connectivity index is 1.74. The molecule has 38 heavy (non-hydrogen) atoms. The Morgan fingerprint density at radius 3 is 2.26 bits per heavy atom. The number of benzene rings is 2. The van der Waals surface area contributed by atoms with Crippen molar-refractivity contribution in [1.82, 2.24) is 14.8 Å². The van der Waals surface area contributed by atoms with Crippen LogP contribution in [0.5, 0.6) is 0 Å². The molecule has 0 bridgehead atoms. The van der Waals surface area contributed by atoms with E-state index in [2.05, 4.69) is 10.1 Å². The van der Waals surface area contributed by atoms with Crippen molar-refractivity contribution in [2.24, 2.45) is 11.5 Å². The molecule has 0 saturated heterocycles. The number of aromatic nitrogens is 3. The van der Waals surface area contributed by atoms with E-state index in [4.69, 9.17) is 11.5 Å². The van der Waals surface area contributed by atoms with E-state index in [-0.39, 0.29) is 17.8 Å². The minimum absolute atomic E-state index is 0.0208. The van der Waals surface area contributed by atoms with E-state index >= 15 is 0 Å². The van der Waals surface area contributed by atoms with Gasteiger partial charge in [0.1, 0.15) is 11.5 Å². The van der Waals surface area contributed by atoms with E-state index in [1.807, 2.05) is 24.3 Å². The van der Waals surface area contributed by atoms with E-state index in [0.717, 1.165) is 23.6 Å². The van der Waals surface area contributed by atoms with Gasteiger partial charge >= 0.3 is 6.18 Å². The summed E-state index contributed by atoms with van der Waals surface area (Å²) in [4.78, 5) is 29.0. The van der Waals surface area contributed by atoms with Gasteiger partial charge in [0.05, 0.1) is 17.6 Å². The molecule has 2 aromatic carbocycles. The summed E-state index contributed by atoms with van der Waals surface area (Å²) >= 11 is 0. The first-order valence-corrected chi connectivity index (χ1v) is 11.9. The molecule has 1 fully saturated rings. The van der Waals surface area contributed by atoms with Crippen LogP contribution in [-0.2, 0) is 12.7 Å². The van der Waals surface area contributed by atoms with Crippen molar-refractivity contribution in [2.45, 2.75) is 44.8 Å². The van der Waals surface area contributed by atoms with Crippen LogP contribution in [0.3, 0.4) is 0 Å². The molecule has 0 unspecified atom stereocenters. The summed E-state index contributed by atoms with van der Waals surface area (Å²) in [6.07, 6.45) is -1.59. The lowest BCUT2D eigenvalue weighted by molar-refractivity contribution is -0.141. The molecule has 2 amide bonds. The topological polar surface area (TPSA) is 117 Å². The fourth-order valence-corrected chi connectivity index (χ4v) is 4.95. The molecule has 11 heteroatoms. The maximum atomic E-state index is 14.9. The van der Waals surface area contributed by atoms with Gasteiger partial charge in [-0.2, -0.15) is 18.3 Å². The van der Waals surface area contributed by atoms with Gasteiger partial charge in [0.25, 0.3) is 5.91 Å². The number of hydrogen-bond donors (Lipinski definition) is 2. The number of carbonyl (C=O) groups excluding carboxylic acids is 2. The van der Waals surface area contributed by atoms with E-state index in [9.17, 15) is 27.2 Å². The number of fused-ring (bicyclic) bond motifs is 1. The fourth-order valence-electron chi connectivity index (χ4n) is 4.95. The van der Waals surface area contributed by atoms with Gasteiger partial charge in [0.15, 0.2) is 5.69 Å². The molecule has 0 atom stereocenters. The number of amides is 2. The van der Waals surface area contributed by atoms with Crippen molar-refractivity contribution < 1.29 is 27.2 Å². The Morgan fingerprint density at radius 2 is 1.71 bits per heavy atom. The Morgan fingerprint density at radius 1 is 1.03 bits per heavy atom. The highest BCUT2D eigenvalue weighted by molar-refractivity contribution is 6.15. The maximum Gasteiger partial charge on any atom is 0.435 e. The summed E-state index contributed by atoms with van der Waals surface area (Å²) in [7, 11) is 0. The summed E-state index contributed by atoms with van der Waals surface area (Å²) in [5.74, 6) is -2.89. The second-order valence-corrected chi connectivity index (χ2v) is 9.41. The average Bonchev–Trinajstić information content (AvgIpc) is 3.14. The van der Waals surface area contributed by atoms with Crippen molar-refractivity contribution in [1.29, 1.82) is 0 Å². The Labute approximate surface area is 214 Å². The second kappa shape index (κ2) is 9.23. The summed E-state index contributed by atoms with van der Waals surface area (Å²) in [6.45, 7) is 1.34. The van der Waals surface area contributed by atoms with Gasteiger partial charge in [-0.1, -0.05) is 36.8 Å². The van der Waals surface area contributed by atoms with Gasteiger partial charge in [-0.15, -0.1) is 0 Å². The van der Waals surface area contributed by atoms with Crippen LogP contribution < -0.4 is 11.5 Å². The summed E-state index contributed by atoms with van der Waals surface area (Å²) in [5.41, 5.74) is 8.90. The number of rotatable bonds is 6. The van der Waals surface area contributed by atoms with Crippen LogP contribution in [0.2, 0.25) is 0 Å². The number of alkyl halides is 3. The molecular weight excluding hydrogens is 502 g/mol. The number of primary amides is 2. The zero-order valence-corrected chi connectivity index (χ0v) is 20.3. The van der Waals surface area contributed by atoms with E-state index in [1.165, 1.54) is 31.0 Å². The molecule has 196 valence electrons. The Bertz CT molecular complexity index is 1590. The van der Waals surface area contributed by atoms with Crippen LogP contribution in [0.1, 0.15) is 68.5 Å². The normalized spacial score (nSPS) is 14.0. The minimum atomic E-state index is -4.99. The lowest BCUT2D eigenvalue weighted by Gasteiger charge is -2.25. The van der Waals surface area contributed by atoms with Crippen LogP contribution in [-0.4, -0.2) is 26.6 Å². The van der Waals surface area contributed by atoms with Crippen molar-refractivity contribution in [2.75, 3.05) is 0 Å². The maximum absolute atomic E-state index is 14.9. The number of nitrogens with zero attached hydrogens (tertiary/aromatic N) is 3. The van der Waals surface area contributed by atoms with Gasteiger partial charge in [-0.05, 0) is 48.9 Å². The van der Waals surface area contributed by atoms with Gasteiger partial charge in [-0.3, -0.25) is 14.3 Å². The first kappa shape index (κ1) is 25.4. The van der Waals surface area contributed by atoms with Crippen LogP contribution in [0.4, 0.5) is 17.6 Å². The summed E-state index contributed by atoms with van der Waals surface area (Å²) in [6, 6.07) is 11.2. The van der Waals surface area contributed by atoms with Gasteiger partial charge in [0, 0.05) is 22.2 Å². The van der Waals surface area contributed by atoms with E-state index in [0.29, 0.717) is 11.5 Å². The molecular formula is C27H23F4N5O2. The van der Waals surface area contributed by atoms with Crippen molar-refractivity contribution in [3.05, 3.63) is 82.1 Å². The number of pyridine rings is 1. The van der Waals surface area contributed by atoms with Crippen molar-refractivity contribution in [3.8, 4) is 11.1 Å². The lowest BCUT2D eigenvalue weighted by atomic mass is 9.80. The number of halogens is 4. The Kier molecular flexibility index (Phi) is 6.16. The predicted molar refractivity (Wildman–Crippen MR) is 132 cm³/mol. The molecule has 4 aromatic rings. The minimum Gasteiger partial charge on any atom is -0.366 e. The van der Waals surface area contributed by atoms with E-state index in [1.54, 1.807) is 0 Å². The summed E-state index contributed by atoms with van der Waals surface area (Å²) < 4.78 is 58.9. The molecule has 2 aromatic heterocycles. The molecule has 0 aliphatic heterocycles. The summed E-state index contributed by atoms with van der Waals surface area (Å²) in [5, 5.41) is 3.40. The van der Waals surface area contributed by atoms with Gasteiger partial charge in [0.2, 0.25) is 5.91 Å². The van der Waals surface area contributed by atoms with Crippen LogP contribution in [0.25, 0.3) is 22.0 Å². The first-order chi connectivity index (χ1) is 18.0.